The Kier molecular flexibility index (Phi) is 3.97. The fourth-order valence-electron chi connectivity index (χ4n) is 0.853. The number of hydrogen-bond acceptors (Lipinski definition) is 3. The zero-order valence-electron chi connectivity index (χ0n) is 7.33. The molecular formula is C9H13NOS. The van der Waals surface area contributed by atoms with E-state index in [1.807, 2.05) is 24.3 Å². The average Bonchev–Trinajstić information content (AvgIpc) is 2.15. The lowest BCUT2D eigenvalue weighted by molar-refractivity contribution is 0.404. The molecule has 0 heterocycles. The van der Waals surface area contributed by atoms with Crippen molar-refractivity contribution in [2.45, 2.75) is 11.8 Å². The summed E-state index contributed by atoms with van der Waals surface area (Å²) in [6.45, 7) is 3.02. The summed E-state index contributed by atoms with van der Waals surface area (Å²) in [6, 6.07) is 7.96. The van der Waals surface area contributed by atoms with Crippen LogP contribution in [0.5, 0.6) is 5.75 Å². The van der Waals surface area contributed by atoms with Crippen molar-refractivity contribution in [3.63, 3.8) is 0 Å². The van der Waals surface area contributed by atoms with E-state index < -0.39 is 0 Å². The van der Waals surface area contributed by atoms with Gasteiger partial charge in [0.25, 0.3) is 0 Å². The molecule has 0 aliphatic rings. The lowest BCUT2D eigenvalue weighted by Crippen LogP contribution is -2.00. The molecule has 0 spiro atoms. The Morgan fingerprint density at radius 3 is 2.83 bits per heavy atom. The predicted molar refractivity (Wildman–Crippen MR) is 52.5 cm³/mol. The van der Waals surface area contributed by atoms with E-state index in [9.17, 15) is 0 Å². The first kappa shape index (κ1) is 9.42. The van der Waals surface area contributed by atoms with Gasteiger partial charge in [-0.05, 0) is 24.1 Å². The van der Waals surface area contributed by atoms with Gasteiger partial charge in [-0.25, -0.2) is 0 Å². The summed E-state index contributed by atoms with van der Waals surface area (Å²) >= 11 is 1.60. The van der Waals surface area contributed by atoms with E-state index in [4.69, 9.17) is 4.74 Å². The Balaban J connectivity index is 2.68. The smallest absolute Gasteiger partial charge is 0.133 e. The highest BCUT2D eigenvalue weighted by molar-refractivity contribution is 7.97. The maximum absolute atomic E-state index is 5.18. The van der Waals surface area contributed by atoms with E-state index in [0.29, 0.717) is 0 Å². The molecule has 0 fully saturated rings. The van der Waals surface area contributed by atoms with Crippen LogP contribution in [-0.4, -0.2) is 13.7 Å². The molecule has 12 heavy (non-hydrogen) atoms. The van der Waals surface area contributed by atoms with Crippen LogP contribution < -0.4 is 9.46 Å². The lowest BCUT2D eigenvalue weighted by Gasteiger charge is -2.06. The molecule has 0 amide bonds. The SMILES string of the molecule is CCNSc1ccccc1OC. The molecule has 3 heteroatoms. The zero-order valence-corrected chi connectivity index (χ0v) is 8.15. The quantitative estimate of drug-likeness (QED) is 0.724. The number of ether oxygens (including phenoxy) is 1. The minimum absolute atomic E-state index is 0.920. The van der Waals surface area contributed by atoms with Crippen molar-refractivity contribution >= 4 is 11.9 Å². The third kappa shape index (κ3) is 2.43. The molecule has 0 unspecified atom stereocenters. The standard InChI is InChI=1S/C9H13NOS/c1-3-10-12-9-7-5-4-6-8(9)11-2/h4-7,10H,3H2,1-2H3. The maximum Gasteiger partial charge on any atom is 0.133 e. The van der Waals surface area contributed by atoms with Gasteiger partial charge in [-0.1, -0.05) is 19.1 Å². The second-order valence-corrected chi connectivity index (χ2v) is 3.18. The Bertz CT molecular complexity index is 240. The maximum atomic E-state index is 5.18. The molecule has 1 N–H and O–H groups in total. The van der Waals surface area contributed by atoms with Gasteiger partial charge < -0.3 is 4.74 Å². The Hall–Kier alpha value is -0.670. The van der Waals surface area contributed by atoms with E-state index in [1.165, 1.54) is 0 Å². The highest BCUT2D eigenvalue weighted by Gasteiger charge is 1.99. The minimum atomic E-state index is 0.920. The summed E-state index contributed by atoms with van der Waals surface area (Å²) in [5.41, 5.74) is 0. The predicted octanol–water partition coefficient (Wildman–Crippen LogP) is 2.31. The van der Waals surface area contributed by atoms with Crippen LogP contribution in [-0.2, 0) is 0 Å². The molecule has 0 aromatic heterocycles. The highest BCUT2D eigenvalue weighted by atomic mass is 32.2. The van der Waals surface area contributed by atoms with Crippen LogP contribution in [0.4, 0.5) is 0 Å². The molecular weight excluding hydrogens is 170 g/mol. The van der Waals surface area contributed by atoms with Crippen LogP contribution in [0.1, 0.15) is 6.92 Å². The molecule has 1 aromatic rings. The second kappa shape index (κ2) is 5.06. The first-order valence-corrected chi connectivity index (χ1v) is 4.73. The first-order valence-electron chi connectivity index (χ1n) is 3.91. The molecule has 0 bridgehead atoms. The van der Waals surface area contributed by atoms with Crippen molar-refractivity contribution in [1.29, 1.82) is 0 Å². The largest absolute Gasteiger partial charge is 0.496 e. The molecule has 0 radical (unpaired) electrons. The third-order valence-corrected chi connectivity index (χ3v) is 2.39. The van der Waals surface area contributed by atoms with Crippen LogP contribution in [0.2, 0.25) is 0 Å². The summed E-state index contributed by atoms with van der Waals surface area (Å²) in [6.07, 6.45) is 0. The molecule has 1 aromatic carbocycles. The van der Waals surface area contributed by atoms with Crippen LogP contribution >= 0.6 is 11.9 Å². The van der Waals surface area contributed by atoms with Crippen molar-refractivity contribution in [1.82, 2.24) is 4.72 Å². The number of benzene rings is 1. The number of nitrogens with one attached hydrogen (secondary N) is 1. The fraction of sp³-hybridized carbons (Fsp3) is 0.333. The van der Waals surface area contributed by atoms with E-state index in [2.05, 4.69) is 11.6 Å². The Morgan fingerprint density at radius 2 is 2.17 bits per heavy atom. The topological polar surface area (TPSA) is 21.3 Å². The summed E-state index contributed by atoms with van der Waals surface area (Å²) in [5, 5.41) is 0. The average molecular weight is 183 g/mol. The van der Waals surface area contributed by atoms with Gasteiger partial charge >= 0.3 is 0 Å². The van der Waals surface area contributed by atoms with E-state index in [0.717, 1.165) is 17.2 Å². The van der Waals surface area contributed by atoms with Gasteiger partial charge in [0, 0.05) is 6.54 Å². The first-order chi connectivity index (χ1) is 5.88. The highest BCUT2D eigenvalue weighted by Crippen LogP contribution is 2.25. The van der Waals surface area contributed by atoms with E-state index >= 15 is 0 Å². The van der Waals surface area contributed by atoms with Gasteiger partial charge in [-0.15, -0.1) is 0 Å². The Labute approximate surface area is 77.4 Å². The van der Waals surface area contributed by atoms with Crippen molar-refractivity contribution in [2.75, 3.05) is 13.7 Å². The van der Waals surface area contributed by atoms with E-state index in [1.54, 1.807) is 19.1 Å². The second-order valence-electron chi connectivity index (χ2n) is 2.25. The molecule has 0 saturated carbocycles. The third-order valence-electron chi connectivity index (χ3n) is 1.40. The summed E-state index contributed by atoms with van der Waals surface area (Å²) < 4.78 is 8.36. The van der Waals surface area contributed by atoms with Crippen molar-refractivity contribution < 1.29 is 4.74 Å². The van der Waals surface area contributed by atoms with Gasteiger partial charge in [0.05, 0.1) is 12.0 Å². The van der Waals surface area contributed by atoms with Crippen LogP contribution in [0, 0.1) is 0 Å². The van der Waals surface area contributed by atoms with E-state index in [-0.39, 0.29) is 0 Å². The fourth-order valence-corrected chi connectivity index (χ4v) is 1.55. The molecule has 1 rings (SSSR count). The molecule has 66 valence electrons. The molecule has 0 atom stereocenters. The van der Waals surface area contributed by atoms with Gasteiger partial charge in [0.2, 0.25) is 0 Å². The number of para-hydroxylation sites is 1. The van der Waals surface area contributed by atoms with Crippen molar-refractivity contribution in [3.8, 4) is 5.75 Å². The van der Waals surface area contributed by atoms with Crippen LogP contribution in [0.15, 0.2) is 29.2 Å². The normalized spacial score (nSPS) is 9.83. The van der Waals surface area contributed by atoms with Crippen molar-refractivity contribution in [2.24, 2.45) is 0 Å². The molecule has 0 aliphatic carbocycles. The number of methoxy groups -OCH3 is 1. The van der Waals surface area contributed by atoms with Gasteiger partial charge in [0.15, 0.2) is 0 Å². The summed E-state index contributed by atoms with van der Waals surface area (Å²) in [4.78, 5) is 1.13. The van der Waals surface area contributed by atoms with Gasteiger partial charge in [0.1, 0.15) is 5.75 Å². The number of hydrogen-bond donors (Lipinski definition) is 1. The van der Waals surface area contributed by atoms with Crippen LogP contribution in [0.3, 0.4) is 0 Å². The number of rotatable bonds is 4. The van der Waals surface area contributed by atoms with Gasteiger partial charge in [-0.3, -0.25) is 4.72 Å². The summed E-state index contributed by atoms with van der Waals surface area (Å²) in [7, 11) is 1.69. The lowest BCUT2D eigenvalue weighted by atomic mass is 10.3. The van der Waals surface area contributed by atoms with Crippen LogP contribution in [0.25, 0.3) is 0 Å². The Morgan fingerprint density at radius 1 is 1.42 bits per heavy atom. The monoisotopic (exact) mass is 183 g/mol. The zero-order chi connectivity index (χ0) is 8.81. The molecule has 0 saturated heterocycles. The molecule has 2 nitrogen and oxygen atoms in total. The minimum Gasteiger partial charge on any atom is -0.496 e. The van der Waals surface area contributed by atoms with Crippen molar-refractivity contribution in [3.05, 3.63) is 24.3 Å². The van der Waals surface area contributed by atoms with Gasteiger partial charge in [-0.2, -0.15) is 0 Å². The summed E-state index contributed by atoms with van der Waals surface area (Å²) in [5.74, 6) is 0.920. The molecule has 0 aliphatic heterocycles.